The Balaban J connectivity index is 1.62. The van der Waals surface area contributed by atoms with Crippen molar-refractivity contribution in [1.29, 1.82) is 0 Å². The Morgan fingerprint density at radius 2 is 1.44 bits per heavy atom. The zero-order chi connectivity index (χ0) is 12.1. The second-order valence-corrected chi connectivity index (χ2v) is 6.22. The number of benzene rings is 1. The third-order valence-electron chi connectivity index (χ3n) is 5.26. The summed E-state index contributed by atoms with van der Waals surface area (Å²) in [7, 11) is 2.25. The maximum atomic E-state index is 2.86. The number of hydrogen-bond donors (Lipinski definition) is 0. The lowest BCUT2D eigenvalue weighted by atomic mass is 9.92. The standard InChI is InChI=1S/C16H22N2/c1-17-10-8-12(9-11-17)18-15-6-7-16(18)14-5-3-2-4-13(14)15/h2-5,12,15-16H,6-11H2,1H3. The van der Waals surface area contributed by atoms with Crippen molar-refractivity contribution < 1.29 is 0 Å². The van der Waals surface area contributed by atoms with Crippen LogP contribution in [0.15, 0.2) is 24.3 Å². The molecule has 2 bridgehead atoms. The first kappa shape index (κ1) is 11.0. The molecule has 18 heavy (non-hydrogen) atoms. The zero-order valence-corrected chi connectivity index (χ0v) is 11.2. The summed E-state index contributed by atoms with van der Waals surface area (Å²) in [5.74, 6) is 0. The van der Waals surface area contributed by atoms with Crippen molar-refractivity contribution >= 4 is 0 Å². The number of fused-ring (bicyclic) bond motifs is 5. The van der Waals surface area contributed by atoms with Crippen LogP contribution < -0.4 is 0 Å². The fourth-order valence-corrected chi connectivity index (χ4v) is 4.38. The zero-order valence-electron chi connectivity index (χ0n) is 11.2. The van der Waals surface area contributed by atoms with E-state index in [1.54, 1.807) is 11.1 Å². The minimum Gasteiger partial charge on any atom is -0.306 e. The van der Waals surface area contributed by atoms with Crippen LogP contribution in [0.5, 0.6) is 0 Å². The Kier molecular flexibility index (Phi) is 2.49. The summed E-state index contributed by atoms with van der Waals surface area (Å²) in [6.45, 7) is 2.55. The normalized spacial score (nSPS) is 32.9. The van der Waals surface area contributed by atoms with Crippen molar-refractivity contribution in [3.8, 4) is 0 Å². The summed E-state index contributed by atoms with van der Waals surface area (Å²) in [5, 5.41) is 0. The minimum atomic E-state index is 0.736. The summed E-state index contributed by atoms with van der Waals surface area (Å²) in [4.78, 5) is 5.33. The Hall–Kier alpha value is -0.860. The van der Waals surface area contributed by atoms with Gasteiger partial charge in [0.1, 0.15) is 0 Å². The summed E-state index contributed by atoms with van der Waals surface area (Å²) in [6, 6.07) is 11.5. The molecule has 2 unspecified atom stereocenters. The van der Waals surface area contributed by atoms with E-state index in [-0.39, 0.29) is 0 Å². The molecule has 2 fully saturated rings. The van der Waals surface area contributed by atoms with Crippen LogP contribution in [0.1, 0.15) is 48.9 Å². The van der Waals surface area contributed by atoms with E-state index in [2.05, 4.69) is 41.1 Å². The summed E-state index contributed by atoms with van der Waals surface area (Å²) in [6.07, 6.45) is 5.48. The Labute approximate surface area is 110 Å². The van der Waals surface area contributed by atoms with E-state index in [0.29, 0.717) is 0 Å². The molecule has 3 aliphatic heterocycles. The molecule has 0 aliphatic carbocycles. The molecule has 0 amide bonds. The molecule has 3 heterocycles. The molecule has 3 aliphatic rings. The van der Waals surface area contributed by atoms with Crippen LogP contribution in [0.4, 0.5) is 0 Å². The van der Waals surface area contributed by atoms with Gasteiger partial charge in [-0.2, -0.15) is 0 Å². The summed E-state index contributed by atoms with van der Waals surface area (Å²) >= 11 is 0. The lowest BCUT2D eigenvalue weighted by Crippen LogP contribution is -2.42. The molecule has 0 radical (unpaired) electrons. The number of hydrogen-bond acceptors (Lipinski definition) is 2. The maximum Gasteiger partial charge on any atom is 0.0361 e. The molecule has 1 aromatic carbocycles. The van der Waals surface area contributed by atoms with Crippen molar-refractivity contribution in [2.75, 3.05) is 20.1 Å². The average molecular weight is 242 g/mol. The Bertz CT molecular complexity index is 417. The molecule has 0 N–H and O–H groups in total. The fourth-order valence-electron chi connectivity index (χ4n) is 4.38. The Morgan fingerprint density at radius 1 is 0.889 bits per heavy atom. The average Bonchev–Trinajstić information content (AvgIpc) is 2.97. The van der Waals surface area contributed by atoms with E-state index in [9.17, 15) is 0 Å². The first-order valence-corrected chi connectivity index (χ1v) is 7.39. The number of nitrogens with zero attached hydrogens (tertiary/aromatic N) is 2. The van der Waals surface area contributed by atoms with Gasteiger partial charge in [-0.3, -0.25) is 4.90 Å². The van der Waals surface area contributed by atoms with E-state index in [1.165, 1.54) is 38.8 Å². The van der Waals surface area contributed by atoms with Gasteiger partial charge < -0.3 is 4.90 Å². The fraction of sp³-hybridized carbons (Fsp3) is 0.625. The molecular formula is C16H22N2. The smallest absolute Gasteiger partial charge is 0.0361 e. The largest absolute Gasteiger partial charge is 0.306 e. The van der Waals surface area contributed by atoms with Crippen molar-refractivity contribution in [2.24, 2.45) is 0 Å². The number of piperidine rings is 1. The quantitative estimate of drug-likeness (QED) is 0.747. The van der Waals surface area contributed by atoms with E-state index in [1.807, 2.05) is 0 Å². The minimum absolute atomic E-state index is 0.736. The van der Waals surface area contributed by atoms with E-state index >= 15 is 0 Å². The van der Waals surface area contributed by atoms with Crippen LogP contribution in [0.2, 0.25) is 0 Å². The van der Waals surface area contributed by atoms with Crippen molar-refractivity contribution in [3.05, 3.63) is 35.4 Å². The van der Waals surface area contributed by atoms with E-state index < -0.39 is 0 Å². The van der Waals surface area contributed by atoms with Gasteiger partial charge in [-0.05, 0) is 56.9 Å². The highest BCUT2D eigenvalue weighted by molar-refractivity contribution is 5.40. The van der Waals surface area contributed by atoms with Gasteiger partial charge in [-0.15, -0.1) is 0 Å². The van der Waals surface area contributed by atoms with Gasteiger partial charge in [-0.25, -0.2) is 0 Å². The molecular weight excluding hydrogens is 220 g/mol. The van der Waals surface area contributed by atoms with Crippen LogP contribution in [-0.4, -0.2) is 36.0 Å². The number of likely N-dealkylation sites (tertiary alicyclic amines) is 1. The van der Waals surface area contributed by atoms with Crippen molar-refractivity contribution in [1.82, 2.24) is 9.80 Å². The summed E-state index contributed by atoms with van der Waals surface area (Å²) < 4.78 is 0. The van der Waals surface area contributed by atoms with Crippen LogP contribution in [0.3, 0.4) is 0 Å². The molecule has 0 aromatic heterocycles. The number of rotatable bonds is 1. The van der Waals surface area contributed by atoms with Gasteiger partial charge in [0.25, 0.3) is 0 Å². The molecule has 96 valence electrons. The van der Waals surface area contributed by atoms with Crippen LogP contribution >= 0.6 is 0 Å². The monoisotopic (exact) mass is 242 g/mol. The van der Waals surface area contributed by atoms with Gasteiger partial charge in [0.05, 0.1) is 0 Å². The first-order chi connectivity index (χ1) is 8.84. The molecule has 0 saturated carbocycles. The lowest BCUT2D eigenvalue weighted by Gasteiger charge is -2.37. The van der Waals surface area contributed by atoms with Crippen molar-refractivity contribution in [3.63, 3.8) is 0 Å². The molecule has 2 saturated heterocycles. The second-order valence-electron chi connectivity index (χ2n) is 6.22. The highest BCUT2D eigenvalue weighted by Crippen LogP contribution is 2.54. The molecule has 2 atom stereocenters. The van der Waals surface area contributed by atoms with Crippen LogP contribution in [-0.2, 0) is 0 Å². The lowest BCUT2D eigenvalue weighted by molar-refractivity contribution is 0.0907. The second kappa shape index (κ2) is 4.07. The Morgan fingerprint density at radius 3 is 2.00 bits per heavy atom. The predicted octanol–water partition coefficient (Wildman–Crippen LogP) is 2.97. The first-order valence-electron chi connectivity index (χ1n) is 7.39. The van der Waals surface area contributed by atoms with Crippen LogP contribution in [0, 0.1) is 0 Å². The third kappa shape index (κ3) is 1.49. The van der Waals surface area contributed by atoms with Gasteiger partial charge in [0.15, 0.2) is 0 Å². The topological polar surface area (TPSA) is 6.48 Å². The maximum absolute atomic E-state index is 2.86. The molecule has 0 spiro atoms. The highest BCUT2D eigenvalue weighted by Gasteiger charge is 2.46. The van der Waals surface area contributed by atoms with Gasteiger partial charge >= 0.3 is 0 Å². The van der Waals surface area contributed by atoms with E-state index in [4.69, 9.17) is 0 Å². The van der Waals surface area contributed by atoms with Gasteiger partial charge in [0, 0.05) is 18.1 Å². The van der Waals surface area contributed by atoms with Gasteiger partial charge in [-0.1, -0.05) is 24.3 Å². The predicted molar refractivity (Wildman–Crippen MR) is 73.5 cm³/mol. The molecule has 4 rings (SSSR count). The molecule has 2 heteroatoms. The van der Waals surface area contributed by atoms with Crippen LogP contribution in [0.25, 0.3) is 0 Å². The van der Waals surface area contributed by atoms with E-state index in [0.717, 1.165) is 18.1 Å². The SMILES string of the molecule is CN1CCC(N2C3CCC2c2ccccc23)CC1. The highest BCUT2D eigenvalue weighted by atomic mass is 15.3. The summed E-state index contributed by atoms with van der Waals surface area (Å²) in [5.41, 5.74) is 3.26. The van der Waals surface area contributed by atoms with Gasteiger partial charge in [0.2, 0.25) is 0 Å². The molecule has 2 nitrogen and oxygen atoms in total. The third-order valence-corrected chi connectivity index (χ3v) is 5.26. The van der Waals surface area contributed by atoms with Crippen molar-refractivity contribution in [2.45, 2.75) is 43.8 Å². The molecule has 1 aromatic rings.